The lowest BCUT2D eigenvalue weighted by Gasteiger charge is -2.12. The molecule has 0 bridgehead atoms. The second kappa shape index (κ2) is 6.66. The van der Waals surface area contributed by atoms with E-state index in [0.29, 0.717) is 5.69 Å². The Bertz CT molecular complexity index is 820. The van der Waals surface area contributed by atoms with Crippen LogP contribution in [0.25, 0.3) is 0 Å². The van der Waals surface area contributed by atoms with Crippen molar-refractivity contribution in [1.82, 2.24) is 0 Å². The summed E-state index contributed by atoms with van der Waals surface area (Å²) in [7, 11) is -2.55. The van der Waals surface area contributed by atoms with E-state index in [4.69, 9.17) is 4.74 Å². The Morgan fingerprint density at radius 1 is 1.13 bits per heavy atom. The van der Waals surface area contributed by atoms with E-state index < -0.39 is 15.8 Å². The molecule has 2 aromatic rings. The molecule has 8 heteroatoms. The van der Waals surface area contributed by atoms with Crippen LogP contribution in [-0.4, -0.2) is 21.4 Å². The van der Waals surface area contributed by atoms with Gasteiger partial charge in [0.2, 0.25) is 5.91 Å². The van der Waals surface area contributed by atoms with Crippen molar-refractivity contribution in [3.8, 4) is 5.75 Å². The van der Waals surface area contributed by atoms with Gasteiger partial charge in [0.25, 0.3) is 10.0 Å². The van der Waals surface area contributed by atoms with Crippen molar-refractivity contribution in [2.45, 2.75) is 11.8 Å². The number of benzene rings is 2. The highest BCUT2D eigenvalue weighted by molar-refractivity contribution is 7.92. The van der Waals surface area contributed by atoms with Crippen LogP contribution in [0, 0.1) is 5.82 Å². The molecule has 6 nitrogen and oxygen atoms in total. The SMILES string of the molecule is COc1cc(F)ccc1NS(=O)(=O)c1ccc(NC(C)=O)cc1. The number of hydrogen-bond acceptors (Lipinski definition) is 4. The van der Waals surface area contributed by atoms with Gasteiger partial charge in [-0.2, -0.15) is 0 Å². The van der Waals surface area contributed by atoms with Crippen LogP contribution < -0.4 is 14.8 Å². The molecule has 0 saturated carbocycles. The third kappa shape index (κ3) is 4.19. The number of methoxy groups -OCH3 is 1. The van der Waals surface area contributed by atoms with E-state index in [9.17, 15) is 17.6 Å². The van der Waals surface area contributed by atoms with Gasteiger partial charge in [-0.25, -0.2) is 12.8 Å². The second-order valence-corrected chi connectivity index (χ2v) is 6.34. The van der Waals surface area contributed by atoms with Gasteiger partial charge in [-0.3, -0.25) is 9.52 Å². The highest BCUT2D eigenvalue weighted by Crippen LogP contribution is 2.27. The summed E-state index contributed by atoms with van der Waals surface area (Å²) in [5.74, 6) is -0.720. The van der Waals surface area contributed by atoms with Crippen LogP contribution in [0.3, 0.4) is 0 Å². The average Bonchev–Trinajstić information content (AvgIpc) is 2.49. The lowest BCUT2D eigenvalue weighted by atomic mass is 10.3. The van der Waals surface area contributed by atoms with Gasteiger partial charge in [0.05, 0.1) is 17.7 Å². The predicted octanol–water partition coefficient (Wildman–Crippen LogP) is 2.59. The molecule has 0 aliphatic carbocycles. The van der Waals surface area contributed by atoms with E-state index in [-0.39, 0.29) is 22.2 Å². The summed E-state index contributed by atoms with van der Waals surface area (Å²) in [4.78, 5) is 10.9. The van der Waals surface area contributed by atoms with Crippen LogP contribution in [0.2, 0.25) is 0 Å². The summed E-state index contributed by atoms with van der Waals surface area (Å²) in [5, 5.41) is 2.54. The van der Waals surface area contributed by atoms with Gasteiger partial charge >= 0.3 is 0 Å². The minimum Gasteiger partial charge on any atom is -0.494 e. The van der Waals surface area contributed by atoms with Gasteiger partial charge in [0, 0.05) is 18.7 Å². The number of carbonyl (C=O) groups is 1. The zero-order chi connectivity index (χ0) is 17.0. The fourth-order valence-electron chi connectivity index (χ4n) is 1.87. The number of nitrogens with one attached hydrogen (secondary N) is 2. The first-order valence-electron chi connectivity index (χ1n) is 6.56. The molecule has 0 heterocycles. The smallest absolute Gasteiger partial charge is 0.262 e. The number of anilines is 2. The number of amides is 1. The first-order chi connectivity index (χ1) is 10.8. The summed E-state index contributed by atoms with van der Waals surface area (Å²) in [5.41, 5.74) is 0.607. The third-order valence-electron chi connectivity index (χ3n) is 2.89. The summed E-state index contributed by atoms with van der Waals surface area (Å²) in [6.45, 7) is 1.35. The Morgan fingerprint density at radius 2 is 1.78 bits per heavy atom. The van der Waals surface area contributed by atoms with E-state index in [1.165, 1.54) is 44.4 Å². The molecule has 0 atom stereocenters. The molecule has 0 aliphatic rings. The number of hydrogen-bond donors (Lipinski definition) is 2. The molecule has 0 aliphatic heterocycles. The number of carbonyl (C=O) groups excluding carboxylic acids is 1. The molecule has 2 rings (SSSR count). The van der Waals surface area contributed by atoms with Crippen molar-refractivity contribution in [3.63, 3.8) is 0 Å². The van der Waals surface area contributed by atoms with Crippen molar-refractivity contribution in [2.24, 2.45) is 0 Å². The van der Waals surface area contributed by atoms with Crippen molar-refractivity contribution < 1.29 is 22.3 Å². The molecule has 23 heavy (non-hydrogen) atoms. The predicted molar refractivity (Wildman–Crippen MR) is 84.5 cm³/mol. The van der Waals surface area contributed by atoms with Gasteiger partial charge in [-0.05, 0) is 36.4 Å². The topological polar surface area (TPSA) is 84.5 Å². The minimum atomic E-state index is -3.87. The third-order valence-corrected chi connectivity index (χ3v) is 4.27. The number of sulfonamides is 1. The Morgan fingerprint density at radius 3 is 2.35 bits per heavy atom. The van der Waals surface area contributed by atoms with Crippen LogP contribution in [-0.2, 0) is 14.8 Å². The fourth-order valence-corrected chi connectivity index (χ4v) is 2.94. The Kier molecular flexibility index (Phi) is 4.85. The molecule has 122 valence electrons. The van der Waals surface area contributed by atoms with Gasteiger partial charge in [0.1, 0.15) is 11.6 Å². The zero-order valence-corrected chi connectivity index (χ0v) is 13.3. The lowest BCUT2D eigenvalue weighted by molar-refractivity contribution is -0.114. The second-order valence-electron chi connectivity index (χ2n) is 4.66. The maximum absolute atomic E-state index is 13.1. The molecular formula is C15H15FN2O4S. The van der Waals surface area contributed by atoms with E-state index in [0.717, 1.165) is 12.1 Å². The number of ether oxygens (including phenoxy) is 1. The Hall–Kier alpha value is -2.61. The van der Waals surface area contributed by atoms with Crippen LogP contribution in [0.1, 0.15) is 6.92 Å². The molecule has 0 aromatic heterocycles. The van der Waals surface area contributed by atoms with Gasteiger partial charge < -0.3 is 10.1 Å². The van der Waals surface area contributed by atoms with E-state index in [1.54, 1.807) is 0 Å². The molecule has 0 spiro atoms. The summed E-state index contributed by atoms with van der Waals surface area (Å²) in [6, 6.07) is 9.12. The maximum atomic E-state index is 13.1. The standard InChI is InChI=1S/C15H15FN2O4S/c1-10(19)17-12-4-6-13(7-5-12)23(20,21)18-14-8-3-11(16)9-15(14)22-2/h3-9,18H,1-2H3,(H,17,19). The van der Waals surface area contributed by atoms with E-state index in [1.807, 2.05) is 0 Å². The lowest BCUT2D eigenvalue weighted by Crippen LogP contribution is -2.14. The molecule has 0 saturated heterocycles. The van der Waals surface area contributed by atoms with Crippen LogP contribution in [0.5, 0.6) is 5.75 Å². The molecule has 0 unspecified atom stereocenters. The summed E-state index contributed by atoms with van der Waals surface area (Å²) < 4.78 is 45.1. The Balaban J connectivity index is 2.27. The monoisotopic (exact) mass is 338 g/mol. The largest absolute Gasteiger partial charge is 0.494 e. The number of halogens is 1. The molecule has 2 N–H and O–H groups in total. The van der Waals surface area contributed by atoms with Crippen molar-refractivity contribution in [1.29, 1.82) is 0 Å². The summed E-state index contributed by atoms with van der Waals surface area (Å²) in [6.07, 6.45) is 0. The van der Waals surface area contributed by atoms with Crippen LogP contribution in [0.15, 0.2) is 47.4 Å². The molecule has 0 fully saturated rings. The van der Waals surface area contributed by atoms with Crippen LogP contribution >= 0.6 is 0 Å². The summed E-state index contributed by atoms with van der Waals surface area (Å²) >= 11 is 0. The fraction of sp³-hybridized carbons (Fsp3) is 0.133. The van der Waals surface area contributed by atoms with Crippen molar-refractivity contribution in [3.05, 3.63) is 48.3 Å². The van der Waals surface area contributed by atoms with E-state index in [2.05, 4.69) is 10.0 Å². The zero-order valence-electron chi connectivity index (χ0n) is 12.5. The van der Waals surface area contributed by atoms with Gasteiger partial charge in [-0.15, -0.1) is 0 Å². The Labute approximate surface area is 133 Å². The first kappa shape index (κ1) is 16.8. The highest BCUT2D eigenvalue weighted by atomic mass is 32.2. The quantitative estimate of drug-likeness (QED) is 0.877. The maximum Gasteiger partial charge on any atom is 0.262 e. The normalized spacial score (nSPS) is 10.9. The average molecular weight is 338 g/mol. The van der Waals surface area contributed by atoms with E-state index >= 15 is 0 Å². The molecule has 0 radical (unpaired) electrons. The van der Waals surface area contributed by atoms with Crippen molar-refractivity contribution in [2.75, 3.05) is 17.1 Å². The first-order valence-corrected chi connectivity index (χ1v) is 8.04. The van der Waals surface area contributed by atoms with Gasteiger partial charge in [-0.1, -0.05) is 0 Å². The molecule has 2 aromatic carbocycles. The highest BCUT2D eigenvalue weighted by Gasteiger charge is 2.17. The van der Waals surface area contributed by atoms with Gasteiger partial charge in [0.15, 0.2) is 0 Å². The number of rotatable bonds is 5. The molecular weight excluding hydrogens is 323 g/mol. The minimum absolute atomic E-state index is 0.00187. The van der Waals surface area contributed by atoms with Crippen LogP contribution in [0.4, 0.5) is 15.8 Å². The molecule has 1 amide bonds. The van der Waals surface area contributed by atoms with Crippen molar-refractivity contribution >= 4 is 27.3 Å².